The second-order valence-electron chi connectivity index (χ2n) is 6.59. The molecule has 0 aliphatic rings. The Bertz CT molecular complexity index is 1110. The lowest BCUT2D eigenvalue weighted by molar-refractivity contribution is 0.587. The number of hydrogen-bond donors (Lipinski definition) is 0. The Kier molecular flexibility index (Phi) is 4.74. The average Bonchev–Trinajstić information content (AvgIpc) is 3.01. The first-order valence-electron chi connectivity index (χ1n) is 8.85. The molecule has 0 spiro atoms. The quantitative estimate of drug-likeness (QED) is 0.426. The summed E-state index contributed by atoms with van der Waals surface area (Å²) >= 11 is 0. The highest BCUT2D eigenvalue weighted by atomic mass is 19.1. The lowest BCUT2D eigenvalue weighted by Gasteiger charge is -2.09. The van der Waals surface area contributed by atoms with Gasteiger partial charge in [0.25, 0.3) is 0 Å². The molecule has 0 unspecified atom stereocenters. The molecule has 28 heavy (non-hydrogen) atoms. The van der Waals surface area contributed by atoms with Crippen molar-refractivity contribution in [2.75, 3.05) is 0 Å². The third kappa shape index (κ3) is 3.43. The monoisotopic (exact) mass is 378 g/mol. The topological polar surface area (TPSA) is 17.8 Å². The van der Waals surface area contributed by atoms with Gasteiger partial charge in [0.1, 0.15) is 17.5 Å². The molecule has 0 amide bonds. The van der Waals surface area contributed by atoms with E-state index in [-0.39, 0.29) is 24.0 Å². The molecule has 0 saturated heterocycles. The number of benzene rings is 3. The normalized spacial score (nSPS) is 11.0. The van der Waals surface area contributed by atoms with E-state index < -0.39 is 0 Å². The summed E-state index contributed by atoms with van der Waals surface area (Å²) in [5, 5.41) is 4.68. The molecule has 1 heterocycles. The smallest absolute Gasteiger partial charge is 0.128 e. The molecule has 0 N–H and O–H groups in total. The molecule has 0 atom stereocenters. The molecule has 0 aliphatic carbocycles. The molecule has 140 valence electrons. The van der Waals surface area contributed by atoms with Crippen LogP contribution < -0.4 is 0 Å². The van der Waals surface area contributed by atoms with Crippen LogP contribution in [0.15, 0.2) is 72.8 Å². The Morgan fingerprint density at radius 1 is 0.750 bits per heavy atom. The van der Waals surface area contributed by atoms with Gasteiger partial charge in [-0.15, -0.1) is 0 Å². The van der Waals surface area contributed by atoms with Crippen molar-refractivity contribution >= 4 is 0 Å². The maximum Gasteiger partial charge on any atom is 0.128 e. The van der Waals surface area contributed by atoms with Gasteiger partial charge in [-0.25, -0.2) is 13.2 Å². The number of hydrogen-bond acceptors (Lipinski definition) is 1. The third-order valence-electron chi connectivity index (χ3n) is 4.70. The summed E-state index contributed by atoms with van der Waals surface area (Å²) in [5.41, 5.74) is 4.33. The van der Waals surface area contributed by atoms with Crippen molar-refractivity contribution in [1.82, 2.24) is 9.78 Å². The summed E-state index contributed by atoms with van der Waals surface area (Å²) in [6.45, 7) is 2.13. The van der Waals surface area contributed by atoms with Gasteiger partial charge in [0.15, 0.2) is 0 Å². The van der Waals surface area contributed by atoms with E-state index >= 15 is 0 Å². The number of aromatic nitrogens is 2. The number of halogens is 3. The highest BCUT2D eigenvalue weighted by Crippen LogP contribution is 2.32. The highest BCUT2D eigenvalue weighted by molar-refractivity contribution is 5.74. The van der Waals surface area contributed by atoms with E-state index in [0.717, 1.165) is 22.4 Å². The van der Waals surface area contributed by atoms with Gasteiger partial charge in [-0.3, -0.25) is 4.68 Å². The van der Waals surface area contributed by atoms with Crippen molar-refractivity contribution in [3.63, 3.8) is 0 Å². The molecule has 0 bridgehead atoms. The molecule has 3 aromatic carbocycles. The average molecular weight is 378 g/mol. The Hall–Kier alpha value is -3.34. The van der Waals surface area contributed by atoms with Crippen molar-refractivity contribution in [2.24, 2.45) is 0 Å². The van der Waals surface area contributed by atoms with E-state index in [1.165, 1.54) is 30.3 Å². The fourth-order valence-electron chi connectivity index (χ4n) is 3.31. The Labute approximate surface area is 160 Å². The first kappa shape index (κ1) is 18.0. The van der Waals surface area contributed by atoms with E-state index in [2.05, 4.69) is 5.10 Å². The van der Waals surface area contributed by atoms with Gasteiger partial charge in [-0.2, -0.15) is 5.10 Å². The Morgan fingerprint density at radius 3 is 1.93 bits per heavy atom. The second-order valence-corrected chi connectivity index (χ2v) is 6.59. The minimum absolute atomic E-state index is 0.224. The molecule has 1 aromatic heterocycles. The predicted molar refractivity (Wildman–Crippen MR) is 103 cm³/mol. The van der Waals surface area contributed by atoms with E-state index in [4.69, 9.17) is 0 Å². The summed E-state index contributed by atoms with van der Waals surface area (Å²) in [5.74, 6) is -0.977. The largest absolute Gasteiger partial charge is 0.259 e. The molecule has 0 saturated carbocycles. The molecule has 0 radical (unpaired) electrons. The van der Waals surface area contributed by atoms with Gasteiger partial charge >= 0.3 is 0 Å². The van der Waals surface area contributed by atoms with Gasteiger partial charge in [-0.1, -0.05) is 18.2 Å². The van der Waals surface area contributed by atoms with Gasteiger partial charge in [0.2, 0.25) is 0 Å². The highest BCUT2D eigenvalue weighted by Gasteiger charge is 2.18. The molecule has 0 aliphatic heterocycles. The van der Waals surface area contributed by atoms with Crippen molar-refractivity contribution in [3.8, 4) is 22.5 Å². The second kappa shape index (κ2) is 7.35. The van der Waals surface area contributed by atoms with Crippen molar-refractivity contribution in [1.29, 1.82) is 0 Å². The molecule has 2 nitrogen and oxygen atoms in total. The van der Waals surface area contributed by atoms with Gasteiger partial charge in [0, 0.05) is 22.3 Å². The van der Waals surface area contributed by atoms with Crippen LogP contribution in [0.2, 0.25) is 0 Å². The van der Waals surface area contributed by atoms with Crippen LogP contribution in [-0.4, -0.2) is 9.78 Å². The van der Waals surface area contributed by atoms with Gasteiger partial charge in [0.05, 0.1) is 17.9 Å². The summed E-state index contributed by atoms with van der Waals surface area (Å²) < 4.78 is 42.6. The van der Waals surface area contributed by atoms with Crippen LogP contribution in [0.4, 0.5) is 13.2 Å². The molecular formula is C23H17F3N2. The Morgan fingerprint density at radius 2 is 1.32 bits per heavy atom. The SMILES string of the molecule is Cc1c(-c2ccc(F)cc2)nn(Cc2ccccc2F)c1-c1ccc(F)cc1. The van der Waals surface area contributed by atoms with Crippen LogP contribution in [0.5, 0.6) is 0 Å². The summed E-state index contributed by atoms with van der Waals surface area (Å²) in [4.78, 5) is 0. The van der Waals surface area contributed by atoms with E-state index in [9.17, 15) is 13.2 Å². The summed E-state index contributed by atoms with van der Waals surface area (Å²) in [6.07, 6.45) is 0. The fraction of sp³-hybridized carbons (Fsp3) is 0.0870. The van der Waals surface area contributed by atoms with Crippen LogP contribution >= 0.6 is 0 Å². The number of nitrogens with zero attached hydrogens (tertiary/aromatic N) is 2. The van der Waals surface area contributed by atoms with E-state index in [0.29, 0.717) is 11.3 Å². The molecular weight excluding hydrogens is 361 g/mol. The van der Waals surface area contributed by atoms with Crippen molar-refractivity contribution in [3.05, 3.63) is 101 Å². The summed E-state index contributed by atoms with van der Waals surface area (Å²) in [6, 6.07) is 18.7. The molecule has 5 heteroatoms. The zero-order valence-electron chi connectivity index (χ0n) is 15.2. The number of rotatable bonds is 4. The molecule has 0 fully saturated rings. The first-order valence-corrected chi connectivity index (χ1v) is 8.85. The zero-order chi connectivity index (χ0) is 19.7. The minimum Gasteiger partial charge on any atom is -0.259 e. The maximum atomic E-state index is 14.2. The zero-order valence-corrected chi connectivity index (χ0v) is 15.2. The summed E-state index contributed by atoms with van der Waals surface area (Å²) in [7, 11) is 0. The van der Waals surface area contributed by atoms with Crippen LogP contribution in [0.1, 0.15) is 11.1 Å². The standard InChI is InChI=1S/C23H17F3N2/c1-15-22(16-6-10-19(24)11-7-16)27-28(14-18-4-2-3-5-21(18)26)23(15)17-8-12-20(25)13-9-17/h2-13H,14H2,1H3. The van der Waals surface area contributed by atoms with Crippen LogP contribution in [0.3, 0.4) is 0 Å². The van der Waals surface area contributed by atoms with Crippen molar-refractivity contribution < 1.29 is 13.2 Å². The van der Waals surface area contributed by atoms with Crippen LogP contribution in [0.25, 0.3) is 22.5 Å². The maximum absolute atomic E-state index is 14.2. The fourth-order valence-corrected chi connectivity index (χ4v) is 3.31. The lowest BCUT2D eigenvalue weighted by Crippen LogP contribution is -2.06. The van der Waals surface area contributed by atoms with Crippen molar-refractivity contribution in [2.45, 2.75) is 13.5 Å². The van der Waals surface area contributed by atoms with Crippen LogP contribution in [0, 0.1) is 24.4 Å². The van der Waals surface area contributed by atoms with Gasteiger partial charge in [-0.05, 0) is 61.5 Å². The molecule has 4 rings (SSSR count). The minimum atomic E-state index is -0.333. The first-order chi connectivity index (χ1) is 13.5. The Balaban J connectivity index is 1.87. The van der Waals surface area contributed by atoms with E-state index in [1.54, 1.807) is 47.1 Å². The van der Waals surface area contributed by atoms with Crippen LogP contribution in [-0.2, 0) is 6.54 Å². The predicted octanol–water partition coefficient (Wildman–Crippen LogP) is 5.99. The van der Waals surface area contributed by atoms with Gasteiger partial charge < -0.3 is 0 Å². The lowest BCUT2D eigenvalue weighted by atomic mass is 10.0. The third-order valence-corrected chi connectivity index (χ3v) is 4.70. The molecule has 4 aromatic rings. The van der Waals surface area contributed by atoms with E-state index in [1.807, 2.05) is 6.92 Å².